The summed E-state index contributed by atoms with van der Waals surface area (Å²) in [4.78, 5) is 15.7. The van der Waals surface area contributed by atoms with Crippen LogP contribution in [-0.2, 0) is 17.9 Å². The summed E-state index contributed by atoms with van der Waals surface area (Å²) in [7, 11) is 0. The Balaban J connectivity index is 1.64. The number of thiophene rings is 1. The van der Waals surface area contributed by atoms with E-state index in [2.05, 4.69) is 17.5 Å². The molecule has 5 nitrogen and oxygen atoms in total. The first kappa shape index (κ1) is 16.7. The van der Waals surface area contributed by atoms with Gasteiger partial charge < -0.3 is 9.73 Å². The van der Waals surface area contributed by atoms with Gasteiger partial charge in [-0.25, -0.2) is 0 Å². The monoisotopic (exact) mass is 343 g/mol. The number of nitriles is 1. The Morgan fingerprint density at radius 1 is 1.46 bits per heavy atom. The first-order chi connectivity index (χ1) is 11.6. The van der Waals surface area contributed by atoms with E-state index in [0.717, 1.165) is 18.6 Å². The summed E-state index contributed by atoms with van der Waals surface area (Å²) in [5.74, 6) is 0.987. The lowest BCUT2D eigenvalue weighted by Gasteiger charge is -2.26. The molecule has 0 unspecified atom stereocenters. The minimum absolute atomic E-state index is 0.117. The molecular weight excluding hydrogens is 322 g/mol. The highest BCUT2D eigenvalue weighted by molar-refractivity contribution is 7.09. The normalized spacial score (nSPS) is 16.5. The number of furan rings is 1. The van der Waals surface area contributed by atoms with Gasteiger partial charge in [0, 0.05) is 11.4 Å². The molecule has 6 heteroatoms. The van der Waals surface area contributed by atoms with E-state index in [9.17, 15) is 10.1 Å². The predicted molar refractivity (Wildman–Crippen MR) is 92.0 cm³/mol. The largest absolute Gasteiger partial charge is 0.468 e. The highest BCUT2D eigenvalue weighted by atomic mass is 32.1. The van der Waals surface area contributed by atoms with Gasteiger partial charge in [0.05, 0.1) is 25.4 Å². The van der Waals surface area contributed by atoms with Crippen LogP contribution >= 0.6 is 11.3 Å². The van der Waals surface area contributed by atoms with Gasteiger partial charge in [0.2, 0.25) is 5.91 Å². The Kier molecular flexibility index (Phi) is 5.03. The van der Waals surface area contributed by atoms with Gasteiger partial charge in [-0.05, 0) is 49.3 Å². The third kappa shape index (κ3) is 4.25. The molecule has 0 spiro atoms. The van der Waals surface area contributed by atoms with E-state index in [1.54, 1.807) is 17.6 Å². The van der Waals surface area contributed by atoms with Crippen LogP contribution < -0.4 is 5.32 Å². The van der Waals surface area contributed by atoms with Gasteiger partial charge in [-0.1, -0.05) is 6.07 Å². The molecule has 3 rings (SSSR count). The molecule has 0 radical (unpaired) electrons. The lowest BCUT2D eigenvalue weighted by molar-refractivity contribution is -0.124. The van der Waals surface area contributed by atoms with Crippen molar-refractivity contribution in [1.29, 1.82) is 5.26 Å². The van der Waals surface area contributed by atoms with Crippen LogP contribution in [0.4, 0.5) is 0 Å². The van der Waals surface area contributed by atoms with Gasteiger partial charge >= 0.3 is 0 Å². The zero-order chi connectivity index (χ0) is 17.0. The topological polar surface area (TPSA) is 69.3 Å². The van der Waals surface area contributed by atoms with E-state index < -0.39 is 5.54 Å². The molecule has 1 amide bonds. The zero-order valence-corrected chi connectivity index (χ0v) is 14.5. The molecule has 2 aromatic rings. The molecule has 1 atom stereocenters. The number of hydrogen-bond donors (Lipinski definition) is 1. The molecule has 2 heterocycles. The second kappa shape index (κ2) is 7.20. The van der Waals surface area contributed by atoms with Crippen LogP contribution in [-0.4, -0.2) is 22.9 Å². The SMILES string of the molecule is C[C@](C#N)(NC(=O)CN(Cc1ccco1)Cc1cccs1)C1CC1. The number of carbonyl (C=O) groups is 1. The Bertz CT molecular complexity index is 665. The number of amides is 1. The molecule has 24 heavy (non-hydrogen) atoms. The van der Waals surface area contributed by atoms with Gasteiger partial charge in [0.1, 0.15) is 11.3 Å². The zero-order valence-electron chi connectivity index (χ0n) is 13.7. The summed E-state index contributed by atoms with van der Waals surface area (Å²) in [6, 6.07) is 10.1. The van der Waals surface area contributed by atoms with Crippen LogP contribution in [0, 0.1) is 17.2 Å². The average Bonchev–Trinajstić information content (AvgIpc) is 3.07. The van der Waals surface area contributed by atoms with Gasteiger partial charge in [-0.15, -0.1) is 11.3 Å². The maximum atomic E-state index is 12.5. The van der Waals surface area contributed by atoms with E-state index in [1.165, 1.54) is 4.88 Å². The fraction of sp³-hybridized carbons (Fsp3) is 0.444. The lowest BCUT2D eigenvalue weighted by atomic mass is 9.98. The van der Waals surface area contributed by atoms with E-state index in [-0.39, 0.29) is 18.4 Å². The quantitative estimate of drug-likeness (QED) is 0.799. The molecule has 1 aliphatic carbocycles. The highest BCUT2D eigenvalue weighted by Gasteiger charge is 2.43. The van der Waals surface area contributed by atoms with Crippen LogP contribution in [0.15, 0.2) is 40.3 Å². The minimum atomic E-state index is -0.754. The second-order valence-electron chi connectivity index (χ2n) is 6.44. The summed E-state index contributed by atoms with van der Waals surface area (Å²) >= 11 is 1.67. The Morgan fingerprint density at radius 3 is 2.88 bits per heavy atom. The molecular formula is C18H21N3O2S. The van der Waals surface area contributed by atoms with Crippen molar-refractivity contribution in [3.05, 3.63) is 46.5 Å². The van der Waals surface area contributed by atoms with Crippen LogP contribution in [0.25, 0.3) is 0 Å². The minimum Gasteiger partial charge on any atom is -0.468 e. The lowest BCUT2D eigenvalue weighted by Crippen LogP contribution is -2.50. The number of carbonyl (C=O) groups excluding carboxylic acids is 1. The molecule has 1 N–H and O–H groups in total. The maximum absolute atomic E-state index is 12.5. The molecule has 0 saturated heterocycles. The van der Waals surface area contributed by atoms with Crippen LogP contribution in [0.5, 0.6) is 0 Å². The van der Waals surface area contributed by atoms with Crippen molar-refractivity contribution in [3.63, 3.8) is 0 Å². The van der Waals surface area contributed by atoms with E-state index in [0.29, 0.717) is 13.1 Å². The summed E-state index contributed by atoms with van der Waals surface area (Å²) in [5.41, 5.74) is -0.754. The molecule has 1 saturated carbocycles. The maximum Gasteiger partial charge on any atom is 0.235 e. The third-order valence-corrected chi connectivity index (χ3v) is 5.17. The van der Waals surface area contributed by atoms with E-state index in [4.69, 9.17) is 4.42 Å². The Hall–Kier alpha value is -2.10. The first-order valence-corrected chi connectivity index (χ1v) is 8.96. The molecule has 0 aromatic carbocycles. The summed E-state index contributed by atoms with van der Waals surface area (Å²) in [6.07, 6.45) is 3.66. The molecule has 1 aliphatic rings. The molecule has 0 aliphatic heterocycles. The van der Waals surface area contributed by atoms with Gasteiger partial charge in [0.15, 0.2) is 0 Å². The predicted octanol–water partition coefficient (Wildman–Crippen LogP) is 3.15. The molecule has 2 aromatic heterocycles. The van der Waals surface area contributed by atoms with Gasteiger partial charge in [-0.2, -0.15) is 5.26 Å². The smallest absolute Gasteiger partial charge is 0.235 e. The van der Waals surface area contributed by atoms with E-state index >= 15 is 0 Å². The van der Waals surface area contributed by atoms with Crippen molar-refractivity contribution < 1.29 is 9.21 Å². The fourth-order valence-electron chi connectivity index (χ4n) is 2.83. The number of nitrogens with one attached hydrogen (secondary N) is 1. The van der Waals surface area contributed by atoms with E-state index in [1.807, 2.05) is 35.4 Å². The highest BCUT2D eigenvalue weighted by Crippen LogP contribution is 2.39. The second-order valence-corrected chi connectivity index (χ2v) is 7.47. The van der Waals surface area contributed by atoms with Crippen molar-refractivity contribution in [2.75, 3.05) is 6.54 Å². The Morgan fingerprint density at radius 2 is 2.29 bits per heavy atom. The third-order valence-electron chi connectivity index (χ3n) is 4.31. The van der Waals surface area contributed by atoms with Crippen LogP contribution in [0.2, 0.25) is 0 Å². The summed E-state index contributed by atoms with van der Waals surface area (Å²) < 4.78 is 5.41. The van der Waals surface area contributed by atoms with Gasteiger partial charge in [0.25, 0.3) is 0 Å². The average molecular weight is 343 g/mol. The van der Waals surface area contributed by atoms with Crippen molar-refractivity contribution in [3.8, 4) is 6.07 Å². The standard InChI is InChI=1S/C18H21N3O2S/c1-18(13-19,14-6-7-14)20-17(22)12-21(10-15-4-2-8-23-15)11-16-5-3-9-24-16/h2-5,8-9,14H,6-7,10-12H2,1H3,(H,20,22)/t18-/m1/s1. The van der Waals surface area contributed by atoms with Crippen molar-refractivity contribution in [2.24, 2.45) is 5.92 Å². The van der Waals surface area contributed by atoms with Crippen LogP contribution in [0.3, 0.4) is 0 Å². The van der Waals surface area contributed by atoms with Crippen molar-refractivity contribution >= 4 is 17.2 Å². The van der Waals surface area contributed by atoms with Crippen molar-refractivity contribution in [1.82, 2.24) is 10.2 Å². The van der Waals surface area contributed by atoms with Crippen molar-refractivity contribution in [2.45, 2.75) is 38.4 Å². The Labute approximate surface area is 145 Å². The molecule has 0 bridgehead atoms. The molecule has 1 fully saturated rings. The van der Waals surface area contributed by atoms with Gasteiger partial charge in [-0.3, -0.25) is 9.69 Å². The molecule has 126 valence electrons. The summed E-state index contributed by atoms with van der Waals surface area (Å²) in [5, 5.41) is 14.4. The fourth-order valence-corrected chi connectivity index (χ4v) is 3.57. The number of hydrogen-bond acceptors (Lipinski definition) is 5. The number of rotatable bonds is 8. The first-order valence-electron chi connectivity index (χ1n) is 8.08. The van der Waals surface area contributed by atoms with Crippen LogP contribution in [0.1, 0.15) is 30.4 Å². The number of nitrogens with zero attached hydrogens (tertiary/aromatic N) is 2. The summed E-state index contributed by atoms with van der Waals surface area (Å²) in [6.45, 7) is 3.30.